The van der Waals surface area contributed by atoms with Crippen molar-refractivity contribution in [1.29, 1.82) is 0 Å². The topological polar surface area (TPSA) is 22.1 Å². The first-order valence-corrected chi connectivity index (χ1v) is 5.13. The van der Waals surface area contributed by atoms with Crippen LogP contribution in [0.4, 0.5) is 0 Å². The number of ether oxygens (including phenoxy) is 1. The van der Waals surface area contributed by atoms with Gasteiger partial charge in [0.25, 0.3) is 0 Å². The molecule has 72 valence electrons. The van der Waals surface area contributed by atoms with Crippen LogP contribution >= 0.6 is 15.9 Å². The maximum Gasteiger partial charge on any atom is 0.213 e. The van der Waals surface area contributed by atoms with Gasteiger partial charge in [0.1, 0.15) is 5.60 Å². The molecule has 0 bridgehead atoms. The lowest BCUT2D eigenvalue weighted by Gasteiger charge is -2.23. The average Bonchev–Trinajstić information content (AvgIpc) is 2.09. The number of halogens is 1. The summed E-state index contributed by atoms with van der Waals surface area (Å²) in [6.07, 6.45) is 2.70. The molecule has 0 N–H and O–H groups in total. The highest BCUT2D eigenvalue weighted by Gasteiger charge is 2.16. The molecule has 0 fully saturated rings. The van der Waals surface area contributed by atoms with Crippen LogP contribution in [0, 0.1) is 0 Å². The molecule has 0 aliphatic rings. The molecule has 13 heavy (non-hydrogen) atoms. The Balaban J connectivity index is 2.69. The van der Waals surface area contributed by atoms with Gasteiger partial charge in [0.2, 0.25) is 5.88 Å². The van der Waals surface area contributed by atoms with Crippen LogP contribution in [0.5, 0.6) is 5.88 Å². The smallest absolute Gasteiger partial charge is 0.213 e. The van der Waals surface area contributed by atoms with E-state index in [2.05, 4.69) is 41.7 Å². The Morgan fingerprint density at radius 3 is 2.62 bits per heavy atom. The Morgan fingerprint density at radius 2 is 2.15 bits per heavy atom. The molecular formula is C10H14BrNO. The van der Waals surface area contributed by atoms with Gasteiger partial charge < -0.3 is 4.74 Å². The highest BCUT2D eigenvalue weighted by atomic mass is 79.9. The minimum atomic E-state index is -0.138. The summed E-state index contributed by atoms with van der Waals surface area (Å²) in [7, 11) is 0. The van der Waals surface area contributed by atoms with Crippen LogP contribution in [0.2, 0.25) is 0 Å². The number of nitrogens with zero attached hydrogens (tertiary/aromatic N) is 1. The lowest BCUT2D eigenvalue weighted by Crippen LogP contribution is -2.27. The minimum Gasteiger partial charge on any atom is -0.472 e. The maximum absolute atomic E-state index is 5.67. The third-order valence-electron chi connectivity index (χ3n) is 1.93. The Morgan fingerprint density at radius 1 is 1.46 bits per heavy atom. The average molecular weight is 244 g/mol. The highest BCUT2D eigenvalue weighted by molar-refractivity contribution is 9.10. The summed E-state index contributed by atoms with van der Waals surface area (Å²) in [6.45, 7) is 6.20. The Hall–Kier alpha value is -0.570. The molecular weight excluding hydrogens is 230 g/mol. The Bertz CT molecular complexity index is 269. The summed E-state index contributed by atoms with van der Waals surface area (Å²) in [4.78, 5) is 4.14. The van der Waals surface area contributed by atoms with Gasteiger partial charge in [0, 0.05) is 16.7 Å². The predicted molar refractivity (Wildman–Crippen MR) is 56.9 cm³/mol. The summed E-state index contributed by atoms with van der Waals surface area (Å²) in [6, 6.07) is 3.79. The molecule has 0 atom stereocenters. The first-order chi connectivity index (χ1) is 6.03. The Labute approximate surface area is 87.5 Å². The van der Waals surface area contributed by atoms with Crippen LogP contribution in [0.15, 0.2) is 22.8 Å². The molecule has 0 saturated heterocycles. The second-order valence-corrected chi connectivity index (χ2v) is 4.45. The molecule has 2 nitrogen and oxygen atoms in total. The molecule has 0 radical (unpaired) electrons. The van der Waals surface area contributed by atoms with Crippen LogP contribution in [0.1, 0.15) is 27.2 Å². The second kappa shape index (κ2) is 4.09. The highest BCUT2D eigenvalue weighted by Crippen LogP contribution is 2.19. The molecule has 0 spiro atoms. The molecule has 0 aliphatic carbocycles. The summed E-state index contributed by atoms with van der Waals surface area (Å²) in [5.74, 6) is 0.676. The summed E-state index contributed by atoms with van der Waals surface area (Å²) >= 11 is 3.32. The van der Waals surface area contributed by atoms with Crippen molar-refractivity contribution in [2.75, 3.05) is 0 Å². The second-order valence-electron chi connectivity index (χ2n) is 3.53. The minimum absolute atomic E-state index is 0.138. The van der Waals surface area contributed by atoms with Gasteiger partial charge in [-0.25, -0.2) is 4.98 Å². The van der Waals surface area contributed by atoms with Crippen LogP contribution in [0.3, 0.4) is 0 Å². The lowest BCUT2D eigenvalue weighted by molar-refractivity contribution is 0.0990. The molecule has 0 saturated carbocycles. The van der Waals surface area contributed by atoms with E-state index in [1.54, 1.807) is 6.20 Å². The zero-order valence-corrected chi connectivity index (χ0v) is 9.76. The first-order valence-electron chi connectivity index (χ1n) is 4.34. The fraction of sp³-hybridized carbons (Fsp3) is 0.500. The summed E-state index contributed by atoms with van der Waals surface area (Å²) < 4.78 is 6.64. The van der Waals surface area contributed by atoms with Crippen molar-refractivity contribution in [2.45, 2.75) is 32.8 Å². The van der Waals surface area contributed by atoms with Crippen LogP contribution in [-0.4, -0.2) is 10.6 Å². The van der Waals surface area contributed by atoms with E-state index in [1.165, 1.54) is 0 Å². The molecule has 1 rings (SSSR count). The van der Waals surface area contributed by atoms with Gasteiger partial charge in [-0.15, -0.1) is 0 Å². The predicted octanol–water partition coefficient (Wildman–Crippen LogP) is 3.41. The summed E-state index contributed by atoms with van der Waals surface area (Å²) in [5, 5.41) is 0. The van der Waals surface area contributed by atoms with Crippen LogP contribution < -0.4 is 4.74 Å². The van der Waals surface area contributed by atoms with Gasteiger partial charge in [0.15, 0.2) is 0 Å². The molecule has 0 aliphatic heterocycles. The SMILES string of the molecule is CCC(C)(C)Oc1ccc(Br)cn1. The molecule has 0 unspecified atom stereocenters. The van der Waals surface area contributed by atoms with Crippen LogP contribution in [-0.2, 0) is 0 Å². The Kier molecular flexibility index (Phi) is 3.31. The lowest BCUT2D eigenvalue weighted by atomic mass is 10.1. The zero-order chi connectivity index (χ0) is 9.90. The zero-order valence-electron chi connectivity index (χ0n) is 8.17. The van der Waals surface area contributed by atoms with Crippen molar-refractivity contribution < 1.29 is 4.74 Å². The van der Waals surface area contributed by atoms with E-state index >= 15 is 0 Å². The van der Waals surface area contributed by atoms with Gasteiger partial charge in [0.05, 0.1) is 0 Å². The standard InChI is InChI=1S/C10H14BrNO/c1-4-10(2,3)13-9-6-5-8(11)7-12-9/h5-7H,4H2,1-3H3. The number of hydrogen-bond donors (Lipinski definition) is 0. The molecule has 1 heterocycles. The van der Waals surface area contributed by atoms with Gasteiger partial charge >= 0.3 is 0 Å². The largest absolute Gasteiger partial charge is 0.472 e. The van der Waals surface area contributed by atoms with Crippen molar-refractivity contribution in [1.82, 2.24) is 4.98 Å². The fourth-order valence-corrected chi connectivity index (χ4v) is 1.01. The fourth-order valence-electron chi connectivity index (χ4n) is 0.778. The van der Waals surface area contributed by atoms with E-state index in [0.29, 0.717) is 5.88 Å². The first kappa shape index (κ1) is 10.5. The molecule has 1 aromatic rings. The maximum atomic E-state index is 5.67. The van der Waals surface area contributed by atoms with Crippen LogP contribution in [0.25, 0.3) is 0 Å². The van der Waals surface area contributed by atoms with Crippen molar-refractivity contribution >= 4 is 15.9 Å². The summed E-state index contributed by atoms with van der Waals surface area (Å²) in [5.41, 5.74) is -0.138. The molecule has 3 heteroatoms. The van der Waals surface area contributed by atoms with Crippen molar-refractivity contribution in [3.8, 4) is 5.88 Å². The van der Waals surface area contributed by atoms with Crippen molar-refractivity contribution in [3.05, 3.63) is 22.8 Å². The van der Waals surface area contributed by atoms with E-state index in [4.69, 9.17) is 4.74 Å². The van der Waals surface area contributed by atoms with E-state index in [9.17, 15) is 0 Å². The molecule has 0 aromatic carbocycles. The number of aromatic nitrogens is 1. The quantitative estimate of drug-likeness (QED) is 0.812. The van der Waals surface area contributed by atoms with Crippen molar-refractivity contribution in [2.24, 2.45) is 0 Å². The van der Waals surface area contributed by atoms with E-state index < -0.39 is 0 Å². The molecule has 1 aromatic heterocycles. The van der Waals surface area contributed by atoms with E-state index in [0.717, 1.165) is 10.9 Å². The third-order valence-corrected chi connectivity index (χ3v) is 2.40. The van der Waals surface area contributed by atoms with Gasteiger partial charge in [-0.05, 0) is 42.3 Å². The van der Waals surface area contributed by atoms with Crippen molar-refractivity contribution in [3.63, 3.8) is 0 Å². The molecule has 0 amide bonds. The third kappa shape index (κ3) is 3.35. The van der Waals surface area contributed by atoms with Gasteiger partial charge in [-0.1, -0.05) is 6.92 Å². The van der Waals surface area contributed by atoms with E-state index in [1.807, 2.05) is 12.1 Å². The normalized spacial score (nSPS) is 11.4. The number of rotatable bonds is 3. The number of hydrogen-bond acceptors (Lipinski definition) is 2. The number of pyridine rings is 1. The van der Waals surface area contributed by atoms with E-state index in [-0.39, 0.29) is 5.60 Å². The monoisotopic (exact) mass is 243 g/mol. The van der Waals surface area contributed by atoms with Gasteiger partial charge in [-0.2, -0.15) is 0 Å². The van der Waals surface area contributed by atoms with Gasteiger partial charge in [-0.3, -0.25) is 0 Å².